The second-order valence-electron chi connectivity index (χ2n) is 5.89. The normalized spacial score (nSPS) is 13.4. The molecule has 0 bridgehead atoms. The molecule has 2 amide bonds. The standard InChI is InChI=1S/C18H16FN3O2S/c19-13-8-10(9-20)6-7-11(13)17(24)22-18-15(16(21)23)12-4-2-1-3-5-14(12)25-18/h6-8H,1-5H2,(H2,21,23)(H,22,24). The summed E-state index contributed by atoms with van der Waals surface area (Å²) in [6.07, 6.45) is 4.70. The Labute approximate surface area is 148 Å². The summed E-state index contributed by atoms with van der Waals surface area (Å²) in [5, 5.41) is 11.8. The molecule has 1 aromatic carbocycles. The summed E-state index contributed by atoms with van der Waals surface area (Å²) in [5.74, 6) is -2.04. The van der Waals surface area contributed by atoms with Crippen LogP contribution in [-0.2, 0) is 12.8 Å². The number of nitrogens with one attached hydrogen (secondary N) is 1. The van der Waals surface area contributed by atoms with Crippen LogP contribution in [0.3, 0.4) is 0 Å². The van der Waals surface area contributed by atoms with Crippen LogP contribution in [0, 0.1) is 17.1 Å². The minimum atomic E-state index is -0.782. The number of amides is 2. The molecule has 0 unspecified atom stereocenters. The van der Waals surface area contributed by atoms with Crippen molar-refractivity contribution in [2.45, 2.75) is 32.1 Å². The Bertz CT molecular complexity index is 898. The van der Waals surface area contributed by atoms with Gasteiger partial charge in [-0.1, -0.05) is 6.42 Å². The number of anilines is 1. The fraction of sp³-hybridized carbons (Fsp3) is 0.278. The number of fused-ring (bicyclic) bond motifs is 1. The lowest BCUT2D eigenvalue weighted by Crippen LogP contribution is -2.18. The quantitative estimate of drug-likeness (QED) is 0.824. The summed E-state index contributed by atoms with van der Waals surface area (Å²) < 4.78 is 14.0. The van der Waals surface area contributed by atoms with Crippen molar-refractivity contribution < 1.29 is 14.0 Å². The molecule has 0 atom stereocenters. The molecule has 0 saturated carbocycles. The summed E-state index contributed by atoms with van der Waals surface area (Å²) in [6, 6.07) is 5.45. The number of nitrogens with two attached hydrogens (primary N) is 1. The van der Waals surface area contributed by atoms with Gasteiger partial charge in [0.25, 0.3) is 11.8 Å². The minimum Gasteiger partial charge on any atom is -0.365 e. The van der Waals surface area contributed by atoms with Crippen molar-refractivity contribution in [2.75, 3.05) is 5.32 Å². The number of primary amides is 1. The number of nitrogens with zero attached hydrogens (tertiary/aromatic N) is 1. The third kappa shape index (κ3) is 3.39. The van der Waals surface area contributed by atoms with Gasteiger partial charge < -0.3 is 11.1 Å². The third-order valence-electron chi connectivity index (χ3n) is 4.24. The van der Waals surface area contributed by atoms with Gasteiger partial charge in [-0.05, 0) is 49.4 Å². The first kappa shape index (κ1) is 17.1. The van der Waals surface area contributed by atoms with Crippen LogP contribution in [-0.4, -0.2) is 11.8 Å². The van der Waals surface area contributed by atoms with E-state index in [2.05, 4.69) is 5.32 Å². The zero-order valence-electron chi connectivity index (χ0n) is 13.4. The Kier molecular flexibility index (Phi) is 4.81. The lowest BCUT2D eigenvalue weighted by atomic mass is 10.0. The molecule has 7 heteroatoms. The largest absolute Gasteiger partial charge is 0.365 e. The van der Waals surface area contributed by atoms with E-state index in [1.54, 1.807) is 0 Å². The van der Waals surface area contributed by atoms with Gasteiger partial charge >= 0.3 is 0 Å². The highest BCUT2D eigenvalue weighted by Gasteiger charge is 2.25. The molecule has 1 heterocycles. The number of hydrogen-bond acceptors (Lipinski definition) is 4. The molecular weight excluding hydrogens is 341 g/mol. The predicted molar refractivity (Wildman–Crippen MR) is 93.2 cm³/mol. The molecule has 25 heavy (non-hydrogen) atoms. The highest BCUT2D eigenvalue weighted by Crippen LogP contribution is 2.37. The molecule has 0 fully saturated rings. The van der Waals surface area contributed by atoms with Gasteiger partial charge in [0.2, 0.25) is 0 Å². The topological polar surface area (TPSA) is 96.0 Å². The van der Waals surface area contributed by atoms with E-state index >= 15 is 0 Å². The zero-order valence-corrected chi connectivity index (χ0v) is 14.2. The number of thiophene rings is 1. The Hall–Kier alpha value is -2.72. The Balaban J connectivity index is 1.94. The number of benzene rings is 1. The van der Waals surface area contributed by atoms with Gasteiger partial charge in [-0.2, -0.15) is 5.26 Å². The molecule has 0 aliphatic heterocycles. The summed E-state index contributed by atoms with van der Waals surface area (Å²) in [7, 11) is 0. The van der Waals surface area contributed by atoms with Crippen molar-refractivity contribution in [3.05, 3.63) is 51.1 Å². The van der Waals surface area contributed by atoms with Crippen LogP contribution in [0.2, 0.25) is 0 Å². The van der Waals surface area contributed by atoms with E-state index in [1.165, 1.54) is 23.5 Å². The van der Waals surface area contributed by atoms with Gasteiger partial charge in [-0.15, -0.1) is 11.3 Å². The predicted octanol–water partition coefficient (Wildman–Crippen LogP) is 3.38. The summed E-state index contributed by atoms with van der Waals surface area (Å²) in [4.78, 5) is 25.4. The second kappa shape index (κ2) is 7.03. The fourth-order valence-corrected chi connectivity index (χ4v) is 4.32. The Morgan fingerprint density at radius 1 is 1.24 bits per heavy atom. The number of nitriles is 1. The van der Waals surface area contributed by atoms with Crippen LogP contribution in [0.5, 0.6) is 0 Å². The van der Waals surface area contributed by atoms with Gasteiger partial charge in [0.15, 0.2) is 0 Å². The van der Waals surface area contributed by atoms with E-state index in [-0.39, 0.29) is 11.1 Å². The van der Waals surface area contributed by atoms with Crippen LogP contribution in [0.25, 0.3) is 0 Å². The summed E-state index contributed by atoms with van der Waals surface area (Å²) in [6.45, 7) is 0. The van der Waals surface area contributed by atoms with E-state index in [9.17, 15) is 14.0 Å². The highest BCUT2D eigenvalue weighted by molar-refractivity contribution is 7.17. The first-order chi connectivity index (χ1) is 12.0. The SMILES string of the molecule is N#Cc1ccc(C(=O)Nc2sc3c(c2C(N)=O)CCCCC3)c(F)c1. The van der Waals surface area contributed by atoms with E-state index in [0.717, 1.165) is 48.6 Å². The van der Waals surface area contributed by atoms with E-state index in [4.69, 9.17) is 11.0 Å². The second-order valence-corrected chi connectivity index (χ2v) is 7.00. The maximum absolute atomic E-state index is 14.0. The summed E-state index contributed by atoms with van der Waals surface area (Å²) in [5.41, 5.74) is 6.72. The van der Waals surface area contributed by atoms with Crippen LogP contribution < -0.4 is 11.1 Å². The van der Waals surface area contributed by atoms with Crippen molar-refractivity contribution in [2.24, 2.45) is 5.73 Å². The Morgan fingerprint density at radius 2 is 2.00 bits per heavy atom. The molecule has 3 rings (SSSR count). The van der Waals surface area contributed by atoms with Crippen LogP contribution in [0.4, 0.5) is 9.39 Å². The van der Waals surface area contributed by atoms with Crippen molar-refractivity contribution in [1.29, 1.82) is 5.26 Å². The molecule has 128 valence electrons. The number of halogens is 1. The number of carbonyl (C=O) groups is 2. The monoisotopic (exact) mass is 357 g/mol. The smallest absolute Gasteiger partial charge is 0.259 e. The molecule has 3 N–H and O–H groups in total. The maximum atomic E-state index is 14.0. The van der Waals surface area contributed by atoms with Crippen LogP contribution in [0.1, 0.15) is 56.0 Å². The van der Waals surface area contributed by atoms with Crippen LogP contribution in [0.15, 0.2) is 18.2 Å². The average molecular weight is 357 g/mol. The van der Waals surface area contributed by atoms with E-state index in [1.807, 2.05) is 6.07 Å². The van der Waals surface area contributed by atoms with Gasteiger partial charge in [0.05, 0.1) is 22.8 Å². The summed E-state index contributed by atoms with van der Waals surface area (Å²) >= 11 is 1.33. The number of rotatable bonds is 3. The maximum Gasteiger partial charge on any atom is 0.259 e. The van der Waals surface area contributed by atoms with E-state index in [0.29, 0.717) is 10.6 Å². The molecule has 0 saturated heterocycles. The average Bonchev–Trinajstić information content (AvgIpc) is 2.75. The molecule has 1 aliphatic carbocycles. The van der Waals surface area contributed by atoms with Gasteiger partial charge in [0, 0.05) is 4.88 Å². The van der Waals surface area contributed by atoms with Crippen molar-refractivity contribution >= 4 is 28.2 Å². The van der Waals surface area contributed by atoms with Crippen molar-refractivity contribution in [3.8, 4) is 6.07 Å². The fourth-order valence-electron chi connectivity index (χ4n) is 3.03. The molecule has 1 aliphatic rings. The van der Waals surface area contributed by atoms with Crippen molar-refractivity contribution in [3.63, 3.8) is 0 Å². The molecule has 2 aromatic rings. The molecule has 0 spiro atoms. The number of aryl methyl sites for hydroxylation is 1. The molecule has 0 radical (unpaired) electrons. The van der Waals surface area contributed by atoms with Crippen molar-refractivity contribution in [1.82, 2.24) is 0 Å². The lowest BCUT2D eigenvalue weighted by molar-refractivity contribution is 0.100. The van der Waals surface area contributed by atoms with Gasteiger partial charge in [-0.25, -0.2) is 4.39 Å². The first-order valence-corrected chi connectivity index (χ1v) is 8.78. The molecule has 5 nitrogen and oxygen atoms in total. The third-order valence-corrected chi connectivity index (χ3v) is 5.44. The van der Waals surface area contributed by atoms with Crippen LogP contribution >= 0.6 is 11.3 Å². The van der Waals surface area contributed by atoms with E-state index < -0.39 is 17.6 Å². The number of hydrogen-bond donors (Lipinski definition) is 2. The minimum absolute atomic E-state index is 0.134. The first-order valence-electron chi connectivity index (χ1n) is 7.96. The highest BCUT2D eigenvalue weighted by atomic mass is 32.1. The Morgan fingerprint density at radius 3 is 2.68 bits per heavy atom. The zero-order chi connectivity index (χ0) is 18.0. The molecular formula is C18H16FN3O2S. The lowest BCUT2D eigenvalue weighted by Gasteiger charge is -2.07. The molecule has 1 aromatic heterocycles. The number of carbonyl (C=O) groups excluding carboxylic acids is 2. The van der Waals surface area contributed by atoms with Gasteiger partial charge in [-0.3, -0.25) is 9.59 Å². The van der Waals surface area contributed by atoms with Gasteiger partial charge in [0.1, 0.15) is 10.8 Å².